The second kappa shape index (κ2) is 8.02. The molecule has 34 heavy (non-hydrogen) atoms. The maximum absolute atomic E-state index is 13.3. The third-order valence-corrected chi connectivity index (χ3v) is 5.68. The van der Waals surface area contributed by atoms with Gasteiger partial charge in [-0.2, -0.15) is 13.2 Å². The zero-order valence-corrected chi connectivity index (χ0v) is 17.6. The number of ketones is 1. The molecule has 0 saturated heterocycles. The summed E-state index contributed by atoms with van der Waals surface area (Å²) >= 11 is 0. The number of carbonyl (C=O) groups excluding carboxylic acids is 1. The van der Waals surface area contributed by atoms with E-state index >= 15 is 0 Å². The molecule has 0 spiro atoms. The first-order chi connectivity index (χ1) is 16.2. The minimum Gasteiger partial charge on any atom is -0.436 e. The van der Waals surface area contributed by atoms with Gasteiger partial charge < -0.3 is 10.1 Å². The molecule has 0 unspecified atom stereocenters. The number of nitro groups is 1. The predicted octanol–water partition coefficient (Wildman–Crippen LogP) is 5.83. The summed E-state index contributed by atoms with van der Waals surface area (Å²) in [7, 11) is 0. The molecule has 0 radical (unpaired) electrons. The molecule has 172 valence electrons. The molecule has 0 aromatic heterocycles. The van der Waals surface area contributed by atoms with Gasteiger partial charge >= 0.3 is 6.18 Å². The van der Waals surface area contributed by atoms with Crippen LogP contribution in [0.4, 0.5) is 18.9 Å². The highest BCUT2D eigenvalue weighted by Crippen LogP contribution is 2.37. The summed E-state index contributed by atoms with van der Waals surface area (Å²) < 4.78 is 45.6. The van der Waals surface area contributed by atoms with E-state index in [1.54, 1.807) is 24.3 Å². The average molecular weight is 466 g/mol. The van der Waals surface area contributed by atoms with Gasteiger partial charge in [-0.3, -0.25) is 14.9 Å². The first kappa shape index (κ1) is 21.7. The summed E-state index contributed by atoms with van der Waals surface area (Å²) in [6.07, 6.45) is -1.30. The molecule has 0 bridgehead atoms. The molecular formula is C25H17F3N2O4. The number of Topliss-reactive ketones (excluding diaryl/α,β-unsaturated/α-hetero) is 1. The van der Waals surface area contributed by atoms with Gasteiger partial charge in [-0.05, 0) is 59.0 Å². The molecule has 1 heterocycles. The molecular weight excluding hydrogens is 449 g/mol. The zero-order chi connectivity index (χ0) is 24.0. The molecule has 3 aromatic rings. The molecule has 6 nitrogen and oxygen atoms in total. The molecule has 1 fully saturated rings. The Kier molecular flexibility index (Phi) is 5.11. The van der Waals surface area contributed by atoms with Crippen LogP contribution in [0.25, 0.3) is 22.4 Å². The van der Waals surface area contributed by atoms with Crippen molar-refractivity contribution in [1.82, 2.24) is 5.32 Å². The second-order valence-corrected chi connectivity index (χ2v) is 8.15. The number of non-ortho nitro benzene ring substituents is 1. The SMILES string of the molecule is O=C1C(=Cc2cccc3cc([N+](=O)[O-])ccc23)OC(NC2CC2)=C1c1cccc(C(F)(F)F)c1. The summed E-state index contributed by atoms with van der Waals surface area (Å²) in [5.41, 5.74) is -0.175. The van der Waals surface area contributed by atoms with Crippen molar-refractivity contribution < 1.29 is 27.6 Å². The fourth-order valence-electron chi connectivity index (χ4n) is 3.83. The Balaban J connectivity index is 1.56. The number of rotatable bonds is 5. The number of carbonyl (C=O) groups is 1. The highest BCUT2D eigenvalue weighted by atomic mass is 19.4. The van der Waals surface area contributed by atoms with Crippen LogP contribution in [0.1, 0.15) is 29.5 Å². The van der Waals surface area contributed by atoms with Gasteiger partial charge in [-0.15, -0.1) is 0 Å². The molecule has 5 rings (SSSR count). The number of benzene rings is 3. The van der Waals surface area contributed by atoms with Crippen LogP contribution in [-0.2, 0) is 15.7 Å². The van der Waals surface area contributed by atoms with E-state index in [2.05, 4.69) is 5.32 Å². The Morgan fingerprint density at radius 1 is 1.06 bits per heavy atom. The van der Waals surface area contributed by atoms with Gasteiger partial charge in [-0.1, -0.05) is 30.3 Å². The van der Waals surface area contributed by atoms with E-state index in [0.717, 1.165) is 25.0 Å². The van der Waals surface area contributed by atoms with Crippen molar-refractivity contribution in [1.29, 1.82) is 0 Å². The molecule has 1 aliphatic heterocycles. The number of allylic oxidation sites excluding steroid dienone is 1. The van der Waals surface area contributed by atoms with E-state index in [1.165, 1.54) is 30.3 Å². The van der Waals surface area contributed by atoms with E-state index in [1.807, 2.05) is 0 Å². The average Bonchev–Trinajstić information content (AvgIpc) is 3.56. The first-order valence-electron chi connectivity index (χ1n) is 10.5. The van der Waals surface area contributed by atoms with Crippen molar-refractivity contribution >= 4 is 33.9 Å². The summed E-state index contributed by atoms with van der Waals surface area (Å²) in [6, 6.07) is 14.2. The van der Waals surface area contributed by atoms with E-state index in [-0.39, 0.29) is 34.5 Å². The van der Waals surface area contributed by atoms with Crippen LogP contribution in [0.15, 0.2) is 72.3 Å². The van der Waals surface area contributed by atoms with E-state index in [0.29, 0.717) is 16.3 Å². The van der Waals surface area contributed by atoms with Crippen LogP contribution in [0.5, 0.6) is 0 Å². The van der Waals surface area contributed by atoms with E-state index < -0.39 is 22.4 Å². The third kappa shape index (κ3) is 4.12. The summed E-state index contributed by atoms with van der Waals surface area (Å²) in [4.78, 5) is 23.9. The number of halogens is 3. The first-order valence-corrected chi connectivity index (χ1v) is 10.5. The van der Waals surface area contributed by atoms with Crippen molar-refractivity contribution in [3.8, 4) is 0 Å². The number of ether oxygens (including phenoxy) is 1. The van der Waals surface area contributed by atoms with Crippen LogP contribution in [-0.4, -0.2) is 16.7 Å². The lowest BCUT2D eigenvalue weighted by atomic mass is 9.98. The Hall–Kier alpha value is -4.14. The van der Waals surface area contributed by atoms with Gasteiger partial charge in [-0.25, -0.2) is 0 Å². The lowest BCUT2D eigenvalue weighted by Gasteiger charge is -2.10. The molecule has 0 atom stereocenters. The largest absolute Gasteiger partial charge is 0.436 e. The van der Waals surface area contributed by atoms with Crippen molar-refractivity contribution in [2.24, 2.45) is 0 Å². The topological polar surface area (TPSA) is 81.5 Å². The quantitative estimate of drug-likeness (QED) is 0.291. The molecule has 1 saturated carbocycles. The molecule has 3 aromatic carbocycles. The van der Waals surface area contributed by atoms with Gasteiger partial charge in [0.05, 0.1) is 16.1 Å². The molecule has 0 amide bonds. The van der Waals surface area contributed by atoms with Gasteiger partial charge in [0.25, 0.3) is 5.69 Å². The Morgan fingerprint density at radius 3 is 2.53 bits per heavy atom. The molecule has 1 aliphatic carbocycles. The number of alkyl halides is 3. The van der Waals surface area contributed by atoms with Gasteiger partial charge in [0.2, 0.25) is 11.7 Å². The fraction of sp³-hybridized carbons (Fsp3) is 0.160. The lowest BCUT2D eigenvalue weighted by Crippen LogP contribution is -2.16. The summed E-state index contributed by atoms with van der Waals surface area (Å²) in [5.74, 6) is -0.447. The Morgan fingerprint density at radius 2 is 1.82 bits per heavy atom. The predicted molar refractivity (Wildman–Crippen MR) is 119 cm³/mol. The van der Waals surface area contributed by atoms with Crippen molar-refractivity contribution in [3.63, 3.8) is 0 Å². The molecule has 9 heteroatoms. The normalized spacial score (nSPS) is 17.4. The van der Waals surface area contributed by atoms with E-state index in [9.17, 15) is 28.1 Å². The second-order valence-electron chi connectivity index (χ2n) is 8.15. The smallest absolute Gasteiger partial charge is 0.416 e. The number of hydrogen-bond donors (Lipinski definition) is 1. The highest BCUT2D eigenvalue weighted by molar-refractivity contribution is 6.31. The number of nitrogens with one attached hydrogen (secondary N) is 1. The highest BCUT2D eigenvalue weighted by Gasteiger charge is 2.37. The zero-order valence-electron chi connectivity index (χ0n) is 17.6. The monoisotopic (exact) mass is 466 g/mol. The van der Waals surface area contributed by atoms with Gasteiger partial charge in [0, 0.05) is 18.2 Å². The van der Waals surface area contributed by atoms with Crippen LogP contribution in [0, 0.1) is 10.1 Å². The number of fused-ring (bicyclic) bond motifs is 1. The third-order valence-electron chi connectivity index (χ3n) is 5.68. The minimum absolute atomic E-state index is 0.0404. The number of nitrogens with zero attached hydrogens (tertiary/aromatic N) is 1. The van der Waals surface area contributed by atoms with Gasteiger partial charge in [0.1, 0.15) is 0 Å². The van der Waals surface area contributed by atoms with E-state index in [4.69, 9.17) is 4.74 Å². The van der Waals surface area contributed by atoms with Crippen LogP contribution >= 0.6 is 0 Å². The maximum atomic E-state index is 13.3. The molecule has 1 N–H and O–H groups in total. The fourth-order valence-corrected chi connectivity index (χ4v) is 3.83. The minimum atomic E-state index is -4.55. The van der Waals surface area contributed by atoms with Crippen molar-refractivity contribution in [3.05, 3.63) is 99.1 Å². The van der Waals surface area contributed by atoms with Crippen LogP contribution in [0.2, 0.25) is 0 Å². The van der Waals surface area contributed by atoms with Crippen LogP contribution < -0.4 is 5.32 Å². The maximum Gasteiger partial charge on any atom is 0.416 e. The Labute approximate surface area is 191 Å². The molecule has 2 aliphatic rings. The standard InChI is InChI=1S/C25H17F3N2O4/c26-25(27,28)17-6-2-5-16(11-17)22-23(31)21(34-24(22)29-18-7-8-18)13-15-4-1-3-14-12-19(30(32)33)9-10-20(14)15/h1-6,9-13,18,29H,7-8H2. The van der Waals surface area contributed by atoms with Crippen LogP contribution in [0.3, 0.4) is 0 Å². The number of nitro benzene ring substituents is 1. The number of hydrogen-bond acceptors (Lipinski definition) is 5. The summed E-state index contributed by atoms with van der Waals surface area (Å²) in [5, 5.41) is 15.5. The van der Waals surface area contributed by atoms with Gasteiger partial charge in [0.15, 0.2) is 5.76 Å². The van der Waals surface area contributed by atoms with Crippen molar-refractivity contribution in [2.45, 2.75) is 25.1 Å². The Bertz CT molecular complexity index is 1400. The van der Waals surface area contributed by atoms with Crippen molar-refractivity contribution in [2.75, 3.05) is 0 Å². The lowest BCUT2D eigenvalue weighted by molar-refractivity contribution is -0.384. The summed E-state index contributed by atoms with van der Waals surface area (Å²) in [6.45, 7) is 0.